The van der Waals surface area contributed by atoms with Crippen molar-refractivity contribution in [2.45, 2.75) is 38.5 Å². The van der Waals surface area contributed by atoms with Crippen molar-refractivity contribution in [3.8, 4) is 0 Å². The molecule has 2 fully saturated rings. The molecule has 0 aromatic carbocycles. The molecule has 2 rings (SSSR count). The fourth-order valence-corrected chi connectivity index (χ4v) is 4.81. The van der Waals surface area contributed by atoms with Crippen molar-refractivity contribution in [1.82, 2.24) is 4.31 Å². The Bertz CT molecular complexity index is 342. The molecule has 2 unspecified atom stereocenters. The molecule has 2 aliphatic rings. The van der Waals surface area contributed by atoms with Gasteiger partial charge in [-0.2, -0.15) is 0 Å². The van der Waals surface area contributed by atoms with E-state index >= 15 is 0 Å². The van der Waals surface area contributed by atoms with Gasteiger partial charge in [0.05, 0.1) is 5.75 Å². The van der Waals surface area contributed by atoms with Crippen LogP contribution in [0.2, 0.25) is 0 Å². The lowest BCUT2D eigenvalue weighted by molar-refractivity contribution is 0.136. The first kappa shape index (κ1) is 13.3. The summed E-state index contributed by atoms with van der Waals surface area (Å²) in [4.78, 5) is 0. The summed E-state index contributed by atoms with van der Waals surface area (Å²) in [7, 11) is -3.04. The highest BCUT2D eigenvalue weighted by Gasteiger charge is 2.35. The van der Waals surface area contributed by atoms with E-state index in [2.05, 4.69) is 0 Å². The molecule has 5 heteroatoms. The number of piperidine rings is 1. The van der Waals surface area contributed by atoms with Crippen LogP contribution >= 0.6 is 0 Å². The summed E-state index contributed by atoms with van der Waals surface area (Å²) in [6, 6.07) is 0. The van der Waals surface area contributed by atoms with Crippen molar-refractivity contribution in [2.24, 2.45) is 17.6 Å². The minimum Gasteiger partial charge on any atom is -0.330 e. The van der Waals surface area contributed by atoms with Gasteiger partial charge in [0.25, 0.3) is 0 Å². The molecule has 1 saturated heterocycles. The second-order valence-electron chi connectivity index (χ2n) is 5.41. The van der Waals surface area contributed by atoms with Crippen LogP contribution in [0.25, 0.3) is 0 Å². The highest BCUT2D eigenvalue weighted by molar-refractivity contribution is 7.89. The molecule has 100 valence electrons. The van der Waals surface area contributed by atoms with Crippen LogP contribution in [0.4, 0.5) is 0 Å². The molecule has 0 aromatic heterocycles. The highest BCUT2D eigenvalue weighted by Crippen LogP contribution is 2.36. The fraction of sp³-hybridized carbons (Fsp3) is 1.00. The first-order chi connectivity index (χ1) is 8.13. The number of sulfonamides is 1. The van der Waals surface area contributed by atoms with Gasteiger partial charge in [-0.15, -0.1) is 0 Å². The Kier molecular flexibility index (Phi) is 4.44. The van der Waals surface area contributed by atoms with Crippen LogP contribution in [-0.4, -0.2) is 38.1 Å². The molecule has 0 aromatic rings. The van der Waals surface area contributed by atoms with Crippen LogP contribution in [0.3, 0.4) is 0 Å². The Morgan fingerprint density at radius 2 is 1.82 bits per heavy atom. The lowest BCUT2D eigenvalue weighted by Gasteiger charge is -2.40. The third-order valence-corrected chi connectivity index (χ3v) is 6.18. The molecule has 2 atom stereocenters. The number of nitrogens with two attached hydrogens (primary N) is 1. The lowest BCUT2D eigenvalue weighted by atomic mass is 9.76. The van der Waals surface area contributed by atoms with E-state index in [1.54, 1.807) is 4.31 Å². The predicted molar refractivity (Wildman–Crippen MR) is 69.1 cm³/mol. The maximum atomic E-state index is 12.1. The quantitative estimate of drug-likeness (QED) is 0.825. The van der Waals surface area contributed by atoms with Crippen LogP contribution in [-0.2, 0) is 10.0 Å². The van der Waals surface area contributed by atoms with E-state index < -0.39 is 10.0 Å². The molecule has 4 nitrogen and oxygen atoms in total. The Labute approximate surface area is 105 Å². The third kappa shape index (κ3) is 3.20. The van der Waals surface area contributed by atoms with E-state index in [0.29, 0.717) is 18.9 Å². The van der Waals surface area contributed by atoms with Gasteiger partial charge in [-0.25, -0.2) is 12.7 Å². The second kappa shape index (κ2) is 5.67. The Morgan fingerprint density at radius 1 is 1.12 bits per heavy atom. The number of hydrogen-bond donors (Lipinski definition) is 1. The Balaban J connectivity index is 1.94. The number of nitrogens with zero attached hydrogens (tertiary/aromatic N) is 1. The highest BCUT2D eigenvalue weighted by atomic mass is 32.2. The molecule has 1 heterocycles. The van der Waals surface area contributed by atoms with Crippen molar-refractivity contribution in [2.75, 3.05) is 25.4 Å². The molecule has 17 heavy (non-hydrogen) atoms. The summed E-state index contributed by atoms with van der Waals surface area (Å²) < 4.78 is 25.9. The Morgan fingerprint density at radius 3 is 2.53 bits per heavy atom. The van der Waals surface area contributed by atoms with Crippen LogP contribution in [0.5, 0.6) is 0 Å². The normalized spacial score (nSPS) is 31.1. The molecular weight excluding hydrogens is 236 g/mol. The second-order valence-corrected chi connectivity index (χ2v) is 7.50. The van der Waals surface area contributed by atoms with Crippen LogP contribution in [0, 0.1) is 11.8 Å². The molecule has 0 radical (unpaired) electrons. The van der Waals surface area contributed by atoms with Gasteiger partial charge >= 0.3 is 0 Å². The van der Waals surface area contributed by atoms with E-state index in [-0.39, 0.29) is 5.75 Å². The van der Waals surface area contributed by atoms with Crippen LogP contribution < -0.4 is 5.73 Å². The van der Waals surface area contributed by atoms with Crippen molar-refractivity contribution < 1.29 is 8.42 Å². The average molecular weight is 260 g/mol. The lowest BCUT2D eigenvalue weighted by Crippen LogP contribution is -2.45. The molecule has 2 N–H and O–H groups in total. The van der Waals surface area contributed by atoms with E-state index in [0.717, 1.165) is 25.4 Å². The zero-order valence-electron chi connectivity index (χ0n) is 10.5. The molecule has 1 aliphatic carbocycles. The zero-order chi connectivity index (χ0) is 12.3. The maximum absolute atomic E-state index is 12.1. The fourth-order valence-electron chi connectivity index (χ4n) is 3.21. The molecule has 0 bridgehead atoms. The number of hydrogen-bond acceptors (Lipinski definition) is 3. The van der Waals surface area contributed by atoms with E-state index in [1.807, 2.05) is 0 Å². The van der Waals surface area contributed by atoms with Crippen molar-refractivity contribution in [1.29, 1.82) is 0 Å². The average Bonchev–Trinajstić information content (AvgIpc) is 2.36. The molecule has 1 saturated carbocycles. The monoisotopic (exact) mass is 260 g/mol. The maximum Gasteiger partial charge on any atom is 0.214 e. The summed E-state index contributed by atoms with van der Waals surface area (Å²) >= 11 is 0. The molecule has 0 spiro atoms. The van der Waals surface area contributed by atoms with Crippen molar-refractivity contribution in [3.05, 3.63) is 0 Å². The van der Waals surface area contributed by atoms with E-state index in [1.165, 1.54) is 25.7 Å². The van der Waals surface area contributed by atoms with Crippen molar-refractivity contribution >= 4 is 10.0 Å². The minimum atomic E-state index is -3.04. The van der Waals surface area contributed by atoms with Gasteiger partial charge in [-0.1, -0.05) is 19.3 Å². The molecule has 1 aliphatic heterocycles. The van der Waals surface area contributed by atoms with E-state index in [4.69, 9.17) is 5.73 Å². The number of rotatable bonds is 4. The van der Waals surface area contributed by atoms with Gasteiger partial charge in [0.1, 0.15) is 0 Å². The first-order valence-electron chi connectivity index (χ1n) is 6.81. The van der Waals surface area contributed by atoms with Gasteiger partial charge < -0.3 is 5.73 Å². The smallest absolute Gasteiger partial charge is 0.214 e. The van der Waals surface area contributed by atoms with Gasteiger partial charge in [-0.05, 0) is 37.6 Å². The topological polar surface area (TPSA) is 63.4 Å². The van der Waals surface area contributed by atoms with Crippen molar-refractivity contribution in [3.63, 3.8) is 0 Å². The van der Waals surface area contributed by atoms with Gasteiger partial charge in [0.2, 0.25) is 10.0 Å². The minimum absolute atomic E-state index is 0.223. The summed E-state index contributed by atoms with van der Waals surface area (Å²) in [5.41, 5.74) is 5.39. The SMILES string of the molecule is NCCCS(=O)(=O)N1CCC2CCCCC2C1. The van der Waals surface area contributed by atoms with Gasteiger partial charge in [0, 0.05) is 13.1 Å². The largest absolute Gasteiger partial charge is 0.330 e. The predicted octanol–water partition coefficient (Wildman–Crippen LogP) is 1.18. The summed E-state index contributed by atoms with van der Waals surface area (Å²) in [5, 5.41) is 0. The first-order valence-corrected chi connectivity index (χ1v) is 8.42. The summed E-state index contributed by atoms with van der Waals surface area (Å²) in [6.45, 7) is 1.95. The number of fused-ring (bicyclic) bond motifs is 1. The van der Waals surface area contributed by atoms with Crippen LogP contribution in [0.15, 0.2) is 0 Å². The van der Waals surface area contributed by atoms with E-state index in [9.17, 15) is 8.42 Å². The Hall–Kier alpha value is -0.130. The van der Waals surface area contributed by atoms with Gasteiger partial charge in [-0.3, -0.25) is 0 Å². The van der Waals surface area contributed by atoms with Gasteiger partial charge in [0.15, 0.2) is 0 Å². The summed E-state index contributed by atoms with van der Waals surface area (Å²) in [6.07, 6.45) is 6.77. The third-order valence-electron chi connectivity index (χ3n) is 4.25. The standard InChI is InChI=1S/C12H24N2O2S/c13-7-3-9-17(15,16)14-8-6-11-4-1-2-5-12(11)10-14/h11-12H,1-10,13H2. The van der Waals surface area contributed by atoms with Crippen LogP contribution in [0.1, 0.15) is 38.5 Å². The zero-order valence-corrected chi connectivity index (χ0v) is 11.3. The molecular formula is C12H24N2O2S. The summed E-state index contributed by atoms with van der Waals surface area (Å²) in [5.74, 6) is 1.62. The molecule has 0 amide bonds.